The summed E-state index contributed by atoms with van der Waals surface area (Å²) in [6, 6.07) is 14.6. The number of ether oxygens (including phenoxy) is 1. The summed E-state index contributed by atoms with van der Waals surface area (Å²) in [6.07, 6.45) is 8.35. The van der Waals surface area contributed by atoms with E-state index in [0.717, 1.165) is 33.9 Å². The lowest BCUT2D eigenvalue weighted by Crippen LogP contribution is -2.50. The average molecular weight is 522 g/mol. The van der Waals surface area contributed by atoms with Gasteiger partial charge in [0, 0.05) is 28.3 Å². The zero-order valence-corrected chi connectivity index (χ0v) is 22.4. The van der Waals surface area contributed by atoms with E-state index >= 15 is 0 Å². The highest BCUT2D eigenvalue weighted by molar-refractivity contribution is 7.09. The quantitative estimate of drug-likeness (QED) is 0.384. The Morgan fingerprint density at radius 3 is 2.17 bits per heavy atom. The van der Waals surface area contributed by atoms with Crippen molar-refractivity contribution < 1.29 is 9.53 Å². The van der Waals surface area contributed by atoms with Crippen LogP contribution in [0.2, 0.25) is 5.02 Å². The maximum absolute atomic E-state index is 12.9. The van der Waals surface area contributed by atoms with Gasteiger partial charge in [-0.2, -0.15) is 0 Å². The van der Waals surface area contributed by atoms with E-state index in [1.165, 1.54) is 43.4 Å². The number of carbonyl (C=O) groups is 1. The third kappa shape index (κ3) is 4.85. The zero-order valence-electron chi connectivity index (χ0n) is 20.8. The highest BCUT2D eigenvalue weighted by Crippen LogP contribution is 2.57. The Hall–Kier alpha value is -2.57. The third-order valence-corrected chi connectivity index (χ3v) is 9.54. The van der Waals surface area contributed by atoms with E-state index < -0.39 is 0 Å². The van der Waals surface area contributed by atoms with Crippen LogP contribution in [0, 0.1) is 24.7 Å². The van der Waals surface area contributed by atoms with Crippen molar-refractivity contribution in [2.24, 2.45) is 29.8 Å². The molecule has 0 spiro atoms. The van der Waals surface area contributed by atoms with Crippen LogP contribution in [-0.2, 0) is 18.3 Å². The van der Waals surface area contributed by atoms with Gasteiger partial charge in [-0.15, -0.1) is 11.3 Å². The Balaban J connectivity index is 1.13. The molecule has 3 aromatic rings. The summed E-state index contributed by atoms with van der Waals surface area (Å²) < 4.78 is 7.99. The molecule has 36 heavy (non-hydrogen) atoms. The van der Waals surface area contributed by atoms with Crippen LogP contribution in [-0.4, -0.2) is 16.0 Å². The molecule has 1 heterocycles. The van der Waals surface area contributed by atoms with Gasteiger partial charge in [-0.1, -0.05) is 11.6 Å². The SMILES string of the molecule is Cc1sc(=NC23CC4CC(CC(C4)C2)C3)n(C)c1CC(=O)Nc1ccc(Oc2ccc(Cl)cc2)cc1. The molecule has 0 radical (unpaired) electrons. The van der Waals surface area contributed by atoms with Crippen molar-refractivity contribution in [1.82, 2.24) is 4.57 Å². The second-order valence-corrected chi connectivity index (χ2v) is 12.6. The van der Waals surface area contributed by atoms with E-state index in [0.29, 0.717) is 22.9 Å². The number of nitrogens with zero attached hydrogens (tertiary/aromatic N) is 2. The van der Waals surface area contributed by atoms with Gasteiger partial charge in [0.1, 0.15) is 11.5 Å². The van der Waals surface area contributed by atoms with Gasteiger partial charge in [-0.3, -0.25) is 9.79 Å². The van der Waals surface area contributed by atoms with Crippen LogP contribution in [0.5, 0.6) is 11.5 Å². The van der Waals surface area contributed by atoms with Gasteiger partial charge < -0.3 is 14.6 Å². The monoisotopic (exact) mass is 521 g/mol. The smallest absolute Gasteiger partial charge is 0.230 e. The van der Waals surface area contributed by atoms with E-state index in [9.17, 15) is 4.79 Å². The number of hydrogen-bond acceptors (Lipinski definition) is 4. The van der Waals surface area contributed by atoms with Crippen molar-refractivity contribution in [1.29, 1.82) is 0 Å². The van der Waals surface area contributed by atoms with Crippen LogP contribution >= 0.6 is 22.9 Å². The molecular weight excluding hydrogens is 490 g/mol. The molecule has 4 bridgehead atoms. The molecule has 1 amide bonds. The summed E-state index contributed by atoms with van der Waals surface area (Å²) in [5, 5.41) is 3.70. The van der Waals surface area contributed by atoms with Gasteiger partial charge in [0.25, 0.3) is 0 Å². The largest absolute Gasteiger partial charge is 0.457 e. The van der Waals surface area contributed by atoms with Crippen LogP contribution in [0.25, 0.3) is 0 Å². The Morgan fingerprint density at radius 1 is 1.03 bits per heavy atom. The summed E-state index contributed by atoms with van der Waals surface area (Å²) in [5.74, 6) is 4.01. The van der Waals surface area contributed by atoms with Crippen molar-refractivity contribution in [2.45, 2.75) is 57.4 Å². The molecule has 4 aliphatic rings. The van der Waals surface area contributed by atoms with Crippen molar-refractivity contribution in [3.8, 4) is 11.5 Å². The molecule has 7 heteroatoms. The molecule has 4 aliphatic carbocycles. The molecule has 0 atom stereocenters. The van der Waals surface area contributed by atoms with Crippen molar-refractivity contribution in [3.63, 3.8) is 0 Å². The van der Waals surface area contributed by atoms with Gasteiger partial charge in [-0.05, 0) is 112 Å². The number of rotatable bonds is 6. The van der Waals surface area contributed by atoms with Gasteiger partial charge in [-0.25, -0.2) is 0 Å². The fourth-order valence-electron chi connectivity index (χ4n) is 6.96. The molecule has 1 N–H and O–H groups in total. The first-order chi connectivity index (χ1) is 17.3. The van der Waals surface area contributed by atoms with E-state index in [1.807, 2.05) is 36.4 Å². The molecular formula is C29H32ClN3O2S. The van der Waals surface area contributed by atoms with Gasteiger partial charge in [0.2, 0.25) is 5.91 Å². The van der Waals surface area contributed by atoms with E-state index in [4.69, 9.17) is 21.3 Å². The molecule has 0 aliphatic heterocycles. The third-order valence-electron chi connectivity index (χ3n) is 8.20. The topological polar surface area (TPSA) is 55.6 Å². The maximum Gasteiger partial charge on any atom is 0.230 e. The number of hydrogen-bond donors (Lipinski definition) is 1. The first-order valence-electron chi connectivity index (χ1n) is 12.9. The standard InChI is InChI=1S/C29H32ClN3O2S/c1-18-26(33(2)28(36-18)32-29-15-19-11-20(16-29)13-21(12-19)17-29)14-27(34)31-23-5-9-25(10-6-23)35-24-7-3-22(30)4-8-24/h3-10,19-21H,11-17H2,1-2H3,(H,31,34). The second kappa shape index (κ2) is 9.38. The van der Waals surface area contributed by atoms with E-state index in [1.54, 1.807) is 23.5 Å². The summed E-state index contributed by atoms with van der Waals surface area (Å²) in [5.41, 5.74) is 1.93. The normalized spacial score (nSPS) is 26.9. The molecule has 4 saturated carbocycles. The zero-order chi connectivity index (χ0) is 24.9. The minimum absolute atomic E-state index is 0.0285. The lowest BCUT2D eigenvalue weighted by molar-refractivity contribution is -0.115. The van der Waals surface area contributed by atoms with Gasteiger partial charge >= 0.3 is 0 Å². The van der Waals surface area contributed by atoms with Crippen LogP contribution in [0.4, 0.5) is 5.69 Å². The number of carbonyl (C=O) groups excluding carboxylic acids is 1. The molecule has 0 unspecified atom stereocenters. The van der Waals surface area contributed by atoms with Gasteiger partial charge in [0.15, 0.2) is 4.80 Å². The van der Waals surface area contributed by atoms with Crippen molar-refractivity contribution >= 4 is 34.5 Å². The number of aromatic nitrogens is 1. The molecule has 2 aromatic carbocycles. The van der Waals surface area contributed by atoms with Crippen LogP contribution < -0.4 is 14.9 Å². The molecule has 188 valence electrons. The highest BCUT2D eigenvalue weighted by atomic mass is 35.5. The summed E-state index contributed by atoms with van der Waals surface area (Å²) >= 11 is 7.67. The number of benzene rings is 2. The Kier molecular flexibility index (Phi) is 6.21. The fourth-order valence-corrected chi connectivity index (χ4v) is 8.18. The maximum atomic E-state index is 12.9. The summed E-state index contributed by atoms with van der Waals surface area (Å²) in [6.45, 7) is 2.11. The van der Waals surface area contributed by atoms with Gasteiger partial charge in [0.05, 0.1) is 12.0 Å². The number of amides is 1. The predicted octanol–water partition coefficient (Wildman–Crippen LogP) is 6.89. The number of thiazole rings is 1. The van der Waals surface area contributed by atoms with Crippen LogP contribution in [0.3, 0.4) is 0 Å². The number of nitrogens with one attached hydrogen (secondary N) is 1. The molecule has 0 saturated heterocycles. The number of aryl methyl sites for hydroxylation is 1. The molecule has 1 aromatic heterocycles. The lowest BCUT2D eigenvalue weighted by atomic mass is 9.53. The summed E-state index contributed by atoms with van der Waals surface area (Å²) in [7, 11) is 2.06. The van der Waals surface area contributed by atoms with Crippen LogP contribution in [0.15, 0.2) is 53.5 Å². The molecule has 7 rings (SSSR count). The lowest BCUT2D eigenvalue weighted by Gasteiger charge is -2.54. The van der Waals surface area contributed by atoms with Crippen molar-refractivity contribution in [3.05, 3.63) is 68.9 Å². The second-order valence-electron chi connectivity index (χ2n) is 11.0. The fraction of sp³-hybridized carbons (Fsp3) is 0.448. The average Bonchev–Trinajstić information content (AvgIpc) is 3.07. The Morgan fingerprint density at radius 2 is 1.58 bits per heavy atom. The number of halogens is 1. The summed E-state index contributed by atoms with van der Waals surface area (Å²) in [4.78, 5) is 20.6. The number of anilines is 1. The minimum Gasteiger partial charge on any atom is -0.457 e. The first kappa shape index (κ1) is 23.8. The van der Waals surface area contributed by atoms with Crippen molar-refractivity contribution in [2.75, 3.05) is 5.32 Å². The molecule has 5 nitrogen and oxygen atoms in total. The predicted molar refractivity (Wildman–Crippen MR) is 145 cm³/mol. The van der Waals surface area contributed by atoms with E-state index in [-0.39, 0.29) is 11.4 Å². The Bertz CT molecular complexity index is 1310. The minimum atomic E-state index is -0.0285. The van der Waals surface area contributed by atoms with Crippen LogP contribution in [0.1, 0.15) is 49.1 Å². The van der Waals surface area contributed by atoms with E-state index in [2.05, 4.69) is 23.9 Å². The Labute approximate surface area is 221 Å². The first-order valence-corrected chi connectivity index (χ1v) is 14.1. The highest BCUT2D eigenvalue weighted by Gasteiger charge is 2.51. The molecule has 4 fully saturated rings.